The van der Waals surface area contributed by atoms with Crippen LogP contribution in [0.15, 0.2) is 50.9 Å². The van der Waals surface area contributed by atoms with Crippen LogP contribution < -0.4 is 0 Å². The molecule has 0 bridgehead atoms. The molecule has 0 aliphatic heterocycles. The molecule has 0 unspecified atom stereocenters. The van der Waals surface area contributed by atoms with E-state index in [2.05, 4.69) is 4.74 Å². The highest BCUT2D eigenvalue weighted by atomic mass is 32.2. The van der Waals surface area contributed by atoms with E-state index in [0.717, 1.165) is 9.10 Å². The summed E-state index contributed by atoms with van der Waals surface area (Å²) in [6.07, 6.45) is -0.453. The number of hydrogen-bond donors (Lipinski definition) is 0. The summed E-state index contributed by atoms with van der Waals surface area (Å²) in [5, 5.41) is 1.70. The van der Waals surface area contributed by atoms with E-state index in [-0.39, 0.29) is 12.4 Å². The lowest BCUT2D eigenvalue weighted by Crippen LogP contribution is -2.20. The van der Waals surface area contributed by atoms with Crippen molar-refractivity contribution in [1.82, 2.24) is 0 Å². The summed E-state index contributed by atoms with van der Waals surface area (Å²) < 4.78 is 5.54. The largest absolute Gasteiger partial charge is 0.460 e. The molecule has 0 radical (unpaired) electrons. The monoisotopic (exact) mass is 334 g/mol. The minimum absolute atomic E-state index is 0.120. The number of ether oxygens (including phenoxy) is 1. The van der Waals surface area contributed by atoms with E-state index in [1.54, 1.807) is 30.1 Å². The van der Waals surface area contributed by atoms with Crippen LogP contribution in [0.25, 0.3) is 0 Å². The molecule has 0 amide bonds. The standard InChI is InChI=1S/C16H14O4S2/c1-2-20-16(19)14(18)9-13(17)11-8-15(21-10-11)22-12-6-4-3-5-7-12/h3-8,10H,2,9H2,1H3. The van der Waals surface area contributed by atoms with Gasteiger partial charge in [0.1, 0.15) is 0 Å². The van der Waals surface area contributed by atoms with Crippen LogP contribution >= 0.6 is 23.1 Å². The minimum atomic E-state index is -0.954. The van der Waals surface area contributed by atoms with Gasteiger partial charge in [0.05, 0.1) is 17.2 Å². The maximum atomic E-state index is 12.0. The lowest BCUT2D eigenvalue weighted by atomic mass is 10.1. The summed E-state index contributed by atoms with van der Waals surface area (Å²) in [5.74, 6) is -2.13. The van der Waals surface area contributed by atoms with Crippen LogP contribution in [0, 0.1) is 0 Å². The zero-order chi connectivity index (χ0) is 15.9. The van der Waals surface area contributed by atoms with Gasteiger partial charge >= 0.3 is 5.97 Å². The van der Waals surface area contributed by atoms with E-state index in [1.807, 2.05) is 30.3 Å². The highest BCUT2D eigenvalue weighted by Gasteiger charge is 2.20. The van der Waals surface area contributed by atoms with Gasteiger partial charge in [-0.1, -0.05) is 30.0 Å². The van der Waals surface area contributed by atoms with Gasteiger partial charge in [0, 0.05) is 15.8 Å². The Morgan fingerprint density at radius 1 is 1.18 bits per heavy atom. The van der Waals surface area contributed by atoms with Crippen molar-refractivity contribution in [3.63, 3.8) is 0 Å². The van der Waals surface area contributed by atoms with Gasteiger partial charge in [0.15, 0.2) is 5.78 Å². The Kier molecular flexibility index (Phi) is 5.91. The second kappa shape index (κ2) is 7.91. The minimum Gasteiger partial charge on any atom is -0.460 e. The fourth-order valence-electron chi connectivity index (χ4n) is 1.65. The van der Waals surface area contributed by atoms with E-state index in [9.17, 15) is 14.4 Å². The van der Waals surface area contributed by atoms with Crippen LogP contribution in [0.2, 0.25) is 0 Å². The highest BCUT2D eigenvalue weighted by Crippen LogP contribution is 2.32. The molecule has 1 aromatic carbocycles. The van der Waals surface area contributed by atoms with E-state index in [0.29, 0.717) is 5.56 Å². The Bertz CT molecular complexity index is 676. The lowest BCUT2D eigenvalue weighted by Gasteiger charge is -1.99. The molecule has 2 rings (SSSR count). The Labute approximate surface area is 136 Å². The molecular weight excluding hydrogens is 320 g/mol. The molecule has 1 aromatic heterocycles. The van der Waals surface area contributed by atoms with Gasteiger partial charge < -0.3 is 4.74 Å². The van der Waals surface area contributed by atoms with Gasteiger partial charge in [-0.2, -0.15) is 0 Å². The molecule has 0 aliphatic rings. The SMILES string of the molecule is CCOC(=O)C(=O)CC(=O)c1csc(Sc2ccccc2)c1. The number of esters is 1. The van der Waals surface area contributed by atoms with Crippen molar-refractivity contribution in [1.29, 1.82) is 0 Å². The van der Waals surface area contributed by atoms with Crippen LogP contribution in [0.4, 0.5) is 0 Å². The smallest absolute Gasteiger partial charge is 0.375 e. The van der Waals surface area contributed by atoms with Gasteiger partial charge in [-0.3, -0.25) is 9.59 Å². The molecule has 4 nitrogen and oxygen atoms in total. The van der Waals surface area contributed by atoms with Crippen molar-refractivity contribution < 1.29 is 19.1 Å². The van der Waals surface area contributed by atoms with Gasteiger partial charge in [-0.05, 0) is 25.1 Å². The third kappa shape index (κ3) is 4.54. The Morgan fingerprint density at radius 3 is 2.59 bits per heavy atom. The first-order valence-electron chi connectivity index (χ1n) is 6.64. The maximum Gasteiger partial charge on any atom is 0.375 e. The second-order valence-electron chi connectivity index (χ2n) is 4.31. The summed E-state index contributed by atoms with van der Waals surface area (Å²) in [4.78, 5) is 35.8. The third-order valence-electron chi connectivity index (χ3n) is 2.68. The molecule has 0 N–H and O–H groups in total. The van der Waals surface area contributed by atoms with Gasteiger partial charge in [-0.25, -0.2) is 4.79 Å². The van der Waals surface area contributed by atoms with Crippen LogP contribution in [0.1, 0.15) is 23.7 Å². The number of rotatable bonds is 7. The summed E-state index contributed by atoms with van der Waals surface area (Å²) >= 11 is 2.98. The first-order chi connectivity index (χ1) is 10.6. The van der Waals surface area contributed by atoms with Crippen LogP contribution in [0.5, 0.6) is 0 Å². The number of carbonyl (C=O) groups is 3. The lowest BCUT2D eigenvalue weighted by molar-refractivity contribution is -0.153. The summed E-state index contributed by atoms with van der Waals surface area (Å²) in [7, 11) is 0. The van der Waals surface area contributed by atoms with Crippen molar-refractivity contribution in [2.75, 3.05) is 6.61 Å². The van der Waals surface area contributed by atoms with E-state index >= 15 is 0 Å². The zero-order valence-corrected chi connectivity index (χ0v) is 13.5. The van der Waals surface area contributed by atoms with Gasteiger partial charge in [0.25, 0.3) is 0 Å². The Balaban J connectivity index is 1.97. The second-order valence-corrected chi connectivity index (χ2v) is 6.60. The van der Waals surface area contributed by atoms with E-state index in [1.165, 1.54) is 11.3 Å². The van der Waals surface area contributed by atoms with Crippen LogP contribution in [0.3, 0.4) is 0 Å². The first kappa shape index (κ1) is 16.5. The number of hydrogen-bond acceptors (Lipinski definition) is 6. The average Bonchev–Trinajstić information content (AvgIpc) is 2.97. The Morgan fingerprint density at radius 2 is 1.91 bits per heavy atom. The zero-order valence-electron chi connectivity index (χ0n) is 11.9. The van der Waals surface area contributed by atoms with Crippen LogP contribution in [-0.2, 0) is 14.3 Å². The van der Waals surface area contributed by atoms with E-state index in [4.69, 9.17) is 0 Å². The molecule has 0 saturated carbocycles. The van der Waals surface area contributed by atoms with Crippen molar-refractivity contribution in [3.05, 3.63) is 47.3 Å². The fourth-order valence-corrected chi connectivity index (χ4v) is 3.63. The maximum absolute atomic E-state index is 12.0. The van der Waals surface area contributed by atoms with Crippen molar-refractivity contribution in [2.45, 2.75) is 22.4 Å². The third-order valence-corrected chi connectivity index (χ3v) is 4.77. The molecule has 2 aromatic rings. The molecule has 0 atom stereocenters. The first-order valence-corrected chi connectivity index (χ1v) is 8.34. The molecule has 6 heteroatoms. The number of thiophene rings is 1. The fraction of sp³-hybridized carbons (Fsp3) is 0.188. The van der Waals surface area contributed by atoms with Crippen molar-refractivity contribution in [3.8, 4) is 0 Å². The summed E-state index contributed by atoms with van der Waals surface area (Å²) in [6, 6.07) is 11.5. The number of Topliss-reactive ketones (excluding diaryl/α,β-unsaturated/α-hetero) is 2. The van der Waals surface area contributed by atoms with Gasteiger partial charge in [-0.15, -0.1) is 11.3 Å². The molecule has 22 heavy (non-hydrogen) atoms. The van der Waals surface area contributed by atoms with Gasteiger partial charge in [0.2, 0.25) is 5.78 Å². The average molecular weight is 334 g/mol. The molecular formula is C16H14O4S2. The molecule has 0 aliphatic carbocycles. The van der Waals surface area contributed by atoms with Crippen molar-refractivity contribution >= 4 is 40.6 Å². The highest BCUT2D eigenvalue weighted by molar-refractivity contribution is 8.01. The van der Waals surface area contributed by atoms with Crippen LogP contribution in [-0.4, -0.2) is 24.1 Å². The molecule has 114 valence electrons. The predicted molar refractivity (Wildman–Crippen MR) is 85.5 cm³/mol. The summed E-state index contributed by atoms with van der Waals surface area (Å²) in [6.45, 7) is 1.73. The van der Waals surface area contributed by atoms with Crippen molar-refractivity contribution in [2.24, 2.45) is 0 Å². The van der Waals surface area contributed by atoms with E-state index < -0.39 is 18.2 Å². The molecule has 0 fully saturated rings. The number of carbonyl (C=O) groups excluding carboxylic acids is 3. The number of benzene rings is 1. The topological polar surface area (TPSA) is 60.4 Å². The normalized spacial score (nSPS) is 10.2. The summed E-state index contributed by atoms with van der Waals surface area (Å²) in [5.41, 5.74) is 0.445. The molecule has 0 spiro atoms. The Hall–Kier alpha value is -1.92. The molecule has 0 saturated heterocycles. The quantitative estimate of drug-likeness (QED) is 0.335. The molecule has 1 heterocycles. The predicted octanol–water partition coefficient (Wildman–Crippen LogP) is 3.60. The number of ketones is 2.